The lowest BCUT2D eigenvalue weighted by Crippen LogP contribution is -2.29. The van der Waals surface area contributed by atoms with Crippen molar-refractivity contribution in [1.29, 1.82) is 0 Å². The average molecular weight is 357 g/mol. The molecule has 1 heterocycles. The summed E-state index contributed by atoms with van der Waals surface area (Å²) in [5.74, 6) is -0.225. The molecule has 0 aromatic heterocycles. The molecule has 0 radical (unpaired) electrons. The summed E-state index contributed by atoms with van der Waals surface area (Å²) in [5, 5.41) is 0. The summed E-state index contributed by atoms with van der Waals surface area (Å²) in [4.78, 5) is 26.4. The zero-order chi connectivity index (χ0) is 18.8. The molecule has 27 heavy (non-hydrogen) atoms. The number of hydrogen-bond donors (Lipinski definition) is 0. The highest BCUT2D eigenvalue weighted by Crippen LogP contribution is 2.34. The third kappa shape index (κ3) is 3.22. The Balaban J connectivity index is 1.61. The van der Waals surface area contributed by atoms with Crippen molar-refractivity contribution >= 4 is 17.4 Å². The van der Waals surface area contributed by atoms with Crippen LogP contribution in [0.1, 0.15) is 27.0 Å². The second-order valence-electron chi connectivity index (χ2n) is 6.57. The van der Waals surface area contributed by atoms with Crippen LogP contribution < -0.4 is 9.64 Å². The number of para-hydroxylation sites is 2. The van der Waals surface area contributed by atoms with E-state index in [1.165, 1.54) is 0 Å². The number of hydrogen-bond acceptors (Lipinski definition) is 3. The number of rotatable bonds is 5. The molecule has 0 saturated heterocycles. The quantitative estimate of drug-likeness (QED) is 0.640. The number of aryl methyl sites for hydroxylation is 1. The van der Waals surface area contributed by atoms with Gasteiger partial charge >= 0.3 is 0 Å². The number of ether oxygens (including phenoxy) is 1. The summed E-state index contributed by atoms with van der Waals surface area (Å²) in [6.07, 6.45) is 0. The Hall–Kier alpha value is -3.40. The lowest BCUT2D eigenvalue weighted by molar-refractivity contribution is -0.114. The van der Waals surface area contributed by atoms with Crippen molar-refractivity contribution in [1.82, 2.24) is 0 Å². The minimum atomic E-state index is -0.489. The van der Waals surface area contributed by atoms with Gasteiger partial charge in [0.2, 0.25) is 0 Å². The number of nitrogens with zero attached hydrogens (tertiary/aromatic N) is 1. The van der Waals surface area contributed by atoms with E-state index in [2.05, 4.69) is 0 Å². The summed E-state index contributed by atoms with van der Waals surface area (Å²) < 4.78 is 5.99. The van der Waals surface area contributed by atoms with Crippen molar-refractivity contribution < 1.29 is 14.3 Å². The van der Waals surface area contributed by atoms with Crippen molar-refractivity contribution in [2.24, 2.45) is 0 Å². The standard InChI is InChI=1S/C23H19NO3/c1-16-8-7-12-19-21(16)24(23(26)22(19)25)14-18-11-5-6-13-20(18)27-15-17-9-3-2-4-10-17/h2-13H,14-15H2,1H3. The Morgan fingerprint density at radius 1 is 0.852 bits per heavy atom. The van der Waals surface area contributed by atoms with Crippen molar-refractivity contribution in [3.05, 3.63) is 95.1 Å². The van der Waals surface area contributed by atoms with Gasteiger partial charge in [-0.2, -0.15) is 0 Å². The zero-order valence-electron chi connectivity index (χ0n) is 15.0. The first kappa shape index (κ1) is 17.0. The second kappa shape index (κ2) is 7.08. The van der Waals surface area contributed by atoms with Crippen LogP contribution in [0.25, 0.3) is 0 Å². The van der Waals surface area contributed by atoms with E-state index in [-0.39, 0.29) is 0 Å². The Morgan fingerprint density at radius 2 is 1.59 bits per heavy atom. The van der Waals surface area contributed by atoms with Crippen LogP contribution in [0.5, 0.6) is 5.75 Å². The van der Waals surface area contributed by atoms with Gasteiger partial charge in [-0.25, -0.2) is 0 Å². The summed E-state index contributed by atoms with van der Waals surface area (Å²) in [6, 6.07) is 23.0. The molecular weight excluding hydrogens is 338 g/mol. The van der Waals surface area contributed by atoms with Gasteiger partial charge in [-0.15, -0.1) is 0 Å². The fourth-order valence-corrected chi connectivity index (χ4v) is 3.37. The van der Waals surface area contributed by atoms with Crippen LogP contribution in [-0.4, -0.2) is 11.7 Å². The molecule has 0 atom stereocenters. The predicted octanol–water partition coefficient (Wildman–Crippen LogP) is 4.30. The zero-order valence-corrected chi connectivity index (χ0v) is 15.0. The minimum absolute atomic E-state index is 0.299. The molecule has 0 saturated carbocycles. The predicted molar refractivity (Wildman–Crippen MR) is 104 cm³/mol. The first-order chi connectivity index (χ1) is 13.1. The number of carbonyl (C=O) groups excluding carboxylic acids is 2. The summed E-state index contributed by atoms with van der Waals surface area (Å²) in [5.41, 5.74) is 4.02. The van der Waals surface area contributed by atoms with Gasteiger partial charge in [0, 0.05) is 5.56 Å². The molecule has 4 heteroatoms. The molecule has 0 aliphatic carbocycles. The molecule has 1 amide bonds. The van der Waals surface area contributed by atoms with Crippen LogP contribution in [0.15, 0.2) is 72.8 Å². The van der Waals surface area contributed by atoms with E-state index in [9.17, 15) is 9.59 Å². The molecule has 3 aromatic rings. The van der Waals surface area contributed by atoms with E-state index >= 15 is 0 Å². The van der Waals surface area contributed by atoms with Gasteiger partial charge in [0.1, 0.15) is 12.4 Å². The molecule has 1 aliphatic rings. The molecule has 134 valence electrons. The number of amides is 1. The van der Waals surface area contributed by atoms with E-state index in [4.69, 9.17) is 4.74 Å². The van der Waals surface area contributed by atoms with E-state index in [1.807, 2.05) is 67.6 Å². The number of Topliss-reactive ketones (excluding diaryl/α,β-unsaturated/α-hetero) is 1. The molecule has 0 fully saturated rings. The van der Waals surface area contributed by atoms with E-state index in [0.29, 0.717) is 30.2 Å². The Kier molecular flexibility index (Phi) is 4.47. The van der Waals surface area contributed by atoms with Gasteiger partial charge in [0.25, 0.3) is 11.7 Å². The maximum Gasteiger partial charge on any atom is 0.299 e. The Bertz CT molecular complexity index is 1010. The van der Waals surface area contributed by atoms with Crippen LogP contribution in [-0.2, 0) is 17.9 Å². The number of ketones is 1. The maximum atomic E-state index is 12.5. The van der Waals surface area contributed by atoms with Crippen LogP contribution in [0, 0.1) is 6.92 Å². The monoisotopic (exact) mass is 357 g/mol. The SMILES string of the molecule is Cc1cccc2c1N(Cc1ccccc1OCc1ccccc1)C(=O)C2=O. The fourth-order valence-electron chi connectivity index (χ4n) is 3.37. The van der Waals surface area contributed by atoms with E-state index in [0.717, 1.165) is 16.7 Å². The highest BCUT2D eigenvalue weighted by molar-refractivity contribution is 6.52. The number of fused-ring (bicyclic) bond motifs is 1. The molecule has 0 unspecified atom stereocenters. The molecule has 3 aromatic carbocycles. The molecule has 4 nitrogen and oxygen atoms in total. The van der Waals surface area contributed by atoms with Gasteiger partial charge in [0.05, 0.1) is 17.8 Å². The molecule has 4 rings (SSSR count). The first-order valence-corrected chi connectivity index (χ1v) is 8.85. The smallest absolute Gasteiger partial charge is 0.299 e. The molecular formula is C23H19NO3. The normalized spacial score (nSPS) is 13.0. The van der Waals surface area contributed by atoms with Crippen molar-refractivity contribution in [2.45, 2.75) is 20.1 Å². The Labute approximate surface area is 158 Å². The van der Waals surface area contributed by atoms with Crippen molar-refractivity contribution in [3.8, 4) is 5.75 Å². The average Bonchev–Trinajstić information content (AvgIpc) is 2.94. The van der Waals surface area contributed by atoms with Gasteiger partial charge in [0.15, 0.2) is 0 Å². The van der Waals surface area contributed by atoms with Gasteiger partial charge in [-0.3, -0.25) is 14.5 Å². The van der Waals surface area contributed by atoms with Crippen molar-refractivity contribution in [3.63, 3.8) is 0 Å². The summed E-state index contributed by atoms with van der Waals surface area (Å²) in [6.45, 7) is 2.66. The highest BCUT2D eigenvalue weighted by Gasteiger charge is 2.37. The van der Waals surface area contributed by atoms with E-state index < -0.39 is 11.7 Å². The molecule has 0 spiro atoms. The lowest BCUT2D eigenvalue weighted by atomic mass is 10.1. The van der Waals surface area contributed by atoms with Gasteiger partial charge in [-0.1, -0.05) is 60.7 Å². The summed E-state index contributed by atoms with van der Waals surface area (Å²) in [7, 11) is 0. The van der Waals surface area contributed by atoms with Crippen LogP contribution >= 0.6 is 0 Å². The topological polar surface area (TPSA) is 46.6 Å². The molecule has 0 N–H and O–H groups in total. The number of carbonyl (C=O) groups is 2. The van der Waals surface area contributed by atoms with E-state index in [1.54, 1.807) is 17.0 Å². The maximum absolute atomic E-state index is 12.5. The van der Waals surface area contributed by atoms with Crippen LogP contribution in [0.4, 0.5) is 5.69 Å². The lowest BCUT2D eigenvalue weighted by Gasteiger charge is -2.20. The third-order valence-corrected chi connectivity index (χ3v) is 4.73. The van der Waals surface area contributed by atoms with Crippen LogP contribution in [0.2, 0.25) is 0 Å². The fraction of sp³-hybridized carbons (Fsp3) is 0.130. The Morgan fingerprint density at radius 3 is 2.41 bits per heavy atom. The molecule has 0 bridgehead atoms. The van der Waals surface area contributed by atoms with Crippen molar-refractivity contribution in [2.75, 3.05) is 4.90 Å². The largest absolute Gasteiger partial charge is 0.489 e. The summed E-state index contributed by atoms with van der Waals surface area (Å²) >= 11 is 0. The number of benzene rings is 3. The minimum Gasteiger partial charge on any atom is -0.489 e. The highest BCUT2D eigenvalue weighted by atomic mass is 16.5. The first-order valence-electron chi connectivity index (χ1n) is 8.85. The number of anilines is 1. The van der Waals surface area contributed by atoms with Gasteiger partial charge in [-0.05, 0) is 30.2 Å². The third-order valence-electron chi connectivity index (χ3n) is 4.73. The van der Waals surface area contributed by atoms with Gasteiger partial charge < -0.3 is 4.74 Å². The van der Waals surface area contributed by atoms with Crippen LogP contribution in [0.3, 0.4) is 0 Å². The molecule has 1 aliphatic heterocycles. The second-order valence-corrected chi connectivity index (χ2v) is 6.57.